The third-order valence-electron chi connectivity index (χ3n) is 6.45. The Labute approximate surface area is 187 Å². The number of hydrogen-bond acceptors (Lipinski definition) is 3. The summed E-state index contributed by atoms with van der Waals surface area (Å²) in [4.78, 5) is 4.86. The first kappa shape index (κ1) is 22.2. The minimum Gasteiger partial charge on any atom is -0.434 e. The van der Waals surface area contributed by atoms with Crippen LogP contribution in [-0.2, 0) is 4.43 Å². The summed E-state index contributed by atoms with van der Waals surface area (Å²) in [6.07, 6.45) is 0.359. The highest BCUT2D eigenvalue weighted by Crippen LogP contribution is 2.49. The van der Waals surface area contributed by atoms with Gasteiger partial charge in [-0.15, -0.1) is 0 Å². The van der Waals surface area contributed by atoms with Crippen LogP contribution in [0.5, 0.6) is 5.75 Å². The number of hydrogen-bond donors (Lipinski definition) is 0. The number of aromatic nitrogens is 2. The van der Waals surface area contributed by atoms with Crippen LogP contribution >= 0.6 is 11.6 Å². The van der Waals surface area contributed by atoms with Gasteiger partial charge in [0, 0.05) is 17.0 Å². The molecule has 0 unspecified atom stereocenters. The Balaban J connectivity index is 1.85. The van der Waals surface area contributed by atoms with E-state index >= 15 is 0 Å². The van der Waals surface area contributed by atoms with Crippen molar-refractivity contribution in [2.45, 2.75) is 64.1 Å². The number of halogens is 3. The summed E-state index contributed by atoms with van der Waals surface area (Å²) >= 11 is 6.28. The lowest BCUT2D eigenvalue weighted by Crippen LogP contribution is -2.41. The summed E-state index contributed by atoms with van der Waals surface area (Å²) in [7, 11) is -2.10. The molecule has 3 aromatic rings. The number of alkyl halides is 2. The van der Waals surface area contributed by atoms with E-state index in [2.05, 4.69) is 38.4 Å². The fourth-order valence-electron chi connectivity index (χ4n) is 3.91. The number of ether oxygens (including phenoxy) is 1. The summed E-state index contributed by atoms with van der Waals surface area (Å²) < 4.78 is 39.8. The Morgan fingerprint density at radius 2 is 1.87 bits per heavy atom. The third kappa shape index (κ3) is 4.11. The molecule has 0 amide bonds. The molecule has 0 spiro atoms. The summed E-state index contributed by atoms with van der Waals surface area (Å²) in [5.74, 6) is 0.976. The van der Waals surface area contributed by atoms with E-state index in [-0.39, 0.29) is 22.9 Å². The van der Waals surface area contributed by atoms with Crippen LogP contribution in [0.15, 0.2) is 42.5 Å². The third-order valence-corrected chi connectivity index (χ3v) is 11.2. The Morgan fingerprint density at radius 3 is 2.55 bits per heavy atom. The van der Waals surface area contributed by atoms with Gasteiger partial charge in [0.2, 0.25) is 0 Å². The SMILES string of the molecule is CC(C)(C)[Si](C)(C)O[C@H]1C[C@H](c2ccccc2OC(F)F)n2c1nc1ccc(Cl)cc12. The van der Waals surface area contributed by atoms with Crippen LogP contribution in [0.4, 0.5) is 8.78 Å². The van der Waals surface area contributed by atoms with Crippen LogP contribution in [0.1, 0.15) is 50.7 Å². The van der Waals surface area contributed by atoms with E-state index in [0.29, 0.717) is 17.0 Å². The molecule has 4 nitrogen and oxygen atoms in total. The molecule has 166 valence electrons. The first-order chi connectivity index (χ1) is 14.5. The van der Waals surface area contributed by atoms with Gasteiger partial charge in [-0.25, -0.2) is 4.98 Å². The first-order valence-corrected chi connectivity index (χ1v) is 13.7. The van der Waals surface area contributed by atoms with Gasteiger partial charge in [-0.1, -0.05) is 50.6 Å². The minimum atomic E-state index is -2.89. The van der Waals surface area contributed by atoms with E-state index in [4.69, 9.17) is 25.7 Å². The summed E-state index contributed by atoms with van der Waals surface area (Å²) in [5, 5.41) is 0.627. The Morgan fingerprint density at radius 1 is 1.16 bits per heavy atom. The molecule has 8 heteroatoms. The zero-order valence-corrected chi connectivity index (χ0v) is 20.1. The number of rotatable bonds is 5. The number of fused-ring (bicyclic) bond motifs is 3. The lowest BCUT2D eigenvalue weighted by molar-refractivity contribution is -0.0507. The number of imidazole rings is 1. The molecule has 31 heavy (non-hydrogen) atoms. The molecule has 0 radical (unpaired) electrons. The molecule has 0 saturated heterocycles. The summed E-state index contributed by atoms with van der Waals surface area (Å²) in [6.45, 7) is 8.10. The predicted octanol–water partition coefficient (Wildman–Crippen LogP) is 7.35. The van der Waals surface area contributed by atoms with E-state index in [9.17, 15) is 8.78 Å². The highest BCUT2D eigenvalue weighted by molar-refractivity contribution is 6.74. The smallest absolute Gasteiger partial charge is 0.387 e. The van der Waals surface area contributed by atoms with Crippen LogP contribution in [0, 0.1) is 0 Å². The van der Waals surface area contributed by atoms with Gasteiger partial charge < -0.3 is 13.7 Å². The largest absolute Gasteiger partial charge is 0.434 e. The number of benzene rings is 2. The zero-order valence-electron chi connectivity index (χ0n) is 18.3. The van der Waals surface area contributed by atoms with Gasteiger partial charge in [0.15, 0.2) is 8.32 Å². The van der Waals surface area contributed by atoms with Gasteiger partial charge in [-0.05, 0) is 42.4 Å². The molecule has 1 aromatic heterocycles. The molecule has 2 heterocycles. The fourth-order valence-corrected chi connectivity index (χ4v) is 5.34. The second-order valence-electron chi connectivity index (χ2n) is 9.51. The zero-order chi connectivity index (χ0) is 22.6. The Bertz CT molecular complexity index is 1110. The molecule has 1 aliphatic heterocycles. The second kappa shape index (κ2) is 7.87. The lowest BCUT2D eigenvalue weighted by atomic mass is 10.0. The van der Waals surface area contributed by atoms with E-state index < -0.39 is 14.9 Å². The van der Waals surface area contributed by atoms with Crippen molar-refractivity contribution in [3.63, 3.8) is 0 Å². The van der Waals surface area contributed by atoms with Crippen molar-refractivity contribution in [2.75, 3.05) is 0 Å². The number of nitrogens with zero attached hydrogens (tertiary/aromatic N) is 2. The average molecular weight is 465 g/mol. The number of para-hydroxylation sites is 1. The van der Waals surface area contributed by atoms with Crippen molar-refractivity contribution in [1.29, 1.82) is 0 Å². The molecule has 2 aromatic carbocycles. The van der Waals surface area contributed by atoms with Crippen LogP contribution in [0.25, 0.3) is 11.0 Å². The first-order valence-electron chi connectivity index (χ1n) is 10.4. The maximum absolute atomic E-state index is 13.1. The van der Waals surface area contributed by atoms with E-state index in [1.165, 1.54) is 0 Å². The molecule has 0 bridgehead atoms. The molecule has 1 aliphatic rings. The molecular weight excluding hydrogens is 438 g/mol. The van der Waals surface area contributed by atoms with Crippen molar-refractivity contribution in [3.8, 4) is 5.75 Å². The van der Waals surface area contributed by atoms with Crippen molar-refractivity contribution in [2.24, 2.45) is 0 Å². The minimum absolute atomic E-state index is 0.0297. The predicted molar refractivity (Wildman–Crippen MR) is 122 cm³/mol. The van der Waals surface area contributed by atoms with Gasteiger partial charge in [0.1, 0.15) is 17.7 Å². The van der Waals surface area contributed by atoms with E-state index in [1.807, 2.05) is 24.3 Å². The highest BCUT2D eigenvalue weighted by atomic mass is 35.5. The fraction of sp³-hybridized carbons (Fsp3) is 0.435. The summed E-state index contributed by atoms with van der Waals surface area (Å²) in [5.41, 5.74) is 2.35. The highest BCUT2D eigenvalue weighted by Gasteiger charge is 2.44. The maximum atomic E-state index is 13.1. The van der Waals surface area contributed by atoms with Gasteiger partial charge >= 0.3 is 6.61 Å². The maximum Gasteiger partial charge on any atom is 0.387 e. The Kier molecular flexibility index (Phi) is 5.64. The quantitative estimate of drug-likeness (QED) is 0.370. The van der Waals surface area contributed by atoms with Crippen LogP contribution in [0.2, 0.25) is 23.2 Å². The van der Waals surface area contributed by atoms with Crippen LogP contribution in [-0.4, -0.2) is 24.5 Å². The molecule has 0 saturated carbocycles. The van der Waals surface area contributed by atoms with Crippen molar-refractivity contribution >= 4 is 31.0 Å². The molecule has 0 fully saturated rings. The topological polar surface area (TPSA) is 36.3 Å². The van der Waals surface area contributed by atoms with E-state index in [1.54, 1.807) is 18.2 Å². The monoisotopic (exact) mass is 464 g/mol. The average Bonchev–Trinajstić information content (AvgIpc) is 3.18. The van der Waals surface area contributed by atoms with Gasteiger partial charge in [0.25, 0.3) is 0 Å². The molecular formula is C23H27ClF2N2O2Si. The normalized spacial score (nSPS) is 19.3. The van der Waals surface area contributed by atoms with Crippen molar-refractivity contribution in [1.82, 2.24) is 9.55 Å². The van der Waals surface area contributed by atoms with E-state index in [0.717, 1.165) is 16.9 Å². The van der Waals surface area contributed by atoms with Crippen molar-refractivity contribution < 1.29 is 17.9 Å². The molecule has 0 aliphatic carbocycles. The van der Waals surface area contributed by atoms with Crippen LogP contribution < -0.4 is 4.74 Å². The molecule has 4 rings (SSSR count). The lowest BCUT2D eigenvalue weighted by Gasteiger charge is -2.38. The molecule has 0 N–H and O–H groups in total. The van der Waals surface area contributed by atoms with Crippen LogP contribution in [0.3, 0.4) is 0 Å². The van der Waals surface area contributed by atoms with Crippen molar-refractivity contribution in [3.05, 3.63) is 58.9 Å². The standard InChI is InChI=1S/C23H27ClF2N2O2Si/c1-23(2,3)31(4,5)30-20-13-17(15-8-6-7-9-19(15)29-22(25)26)28-18-12-14(24)10-11-16(18)27-21(20)28/h6-12,17,20,22H,13H2,1-5H3/t17-,20+/m1/s1. The second-order valence-corrected chi connectivity index (χ2v) is 14.7. The van der Waals surface area contributed by atoms with Gasteiger partial charge in [-0.3, -0.25) is 0 Å². The summed E-state index contributed by atoms with van der Waals surface area (Å²) in [6, 6.07) is 12.2. The Hall–Kier alpha value is -1.96. The molecule has 2 atom stereocenters. The van der Waals surface area contributed by atoms with Gasteiger partial charge in [-0.2, -0.15) is 8.78 Å². The van der Waals surface area contributed by atoms with Gasteiger partial charge in [0.05, 0.1) is 17.1 Å².